The monoisotopic (exact) mass is 433 g/mol. The minimum Gasteiger partial charge on any atom is -0.478 e. The average molecular weight is 434 g/mol. The van der Waals surface area contributed by atoms with E-state index in [1.807, 2.05) is 6.92 Å². The summed E-state index contributed by atoms with van der Waals surface area (Å²) in [4.78, 5) is 12.6. The molecule has 1 aromatic carbocycles. The van der Waals surface area contributed by atoms with Crippen molar-refractivity contribution in [3.8, 4) is 0 Å². The summed E-state index contributed by atoms with van der Waals surface area (Å²) in [5.41, 5.74) is 1.41. The van der Waals surface area contributed by atoms with Gasteiger partial charge in [-0.25, -0.2) is 4.79 Å². The van der Waals surface area contributed by atoms with Gasteiger partial charge in [-0.2, -0.15) is 0 Å². The third kappa shape index (κ3) is 21.7. The Kier molecular flexibility index (Phi) is 20.9. The van der Waals surface area contributed by atoms with Crippen LogP contribution in [0, 0.1) is 6.92 Å². The number of carbonyl (C=O) groups is 1. The molecule has 0 amide bonds. The third-order valence-corrected chi connectivity index (χ3v) is 5.76. The fourth-order valence-corrected chi connectivity index (χ4v) is 3.67. The van der Waals surface area contributed by atoms with E-state index in [0.717, 1.165) is 5.56 Å². The zero-order valence-corrected chi connectivity index (χ0v) is 21.1. The van der Waals surface area contributed by atoms with Gasteiger partial charge in [-0.05, 0) is 46.1 Å². The van der Waals surface area contributed by atoms with Crippen LogP contribution in [0.4, 0.5) is 0 Å². The summed E-state index contributed by atoms with van der Waals surface area (Å²) in [6.45, 7) is 5.48. The van der Waals surface area contributed by atoms with E-state index < -0.39 is 5.97 Å². The molecule has 0 bridgehead atoms. The highest BCUT2D eigenvalue weighted by Gasteiger charge is 1.98. The highest BCUT2D eigenvalue weighted by molar-refractivity contribution is 5.87. The van der Waals surface area contributed by atoms with E-state index in [9.17, 15) is 4.79 Å². The Labute approximate surface area is 193 Å². The number of rotatable bonds is 18. The Morgan fingerprint density at radius 1 is 0.677 bits per heavy atom. The van der Waals surface area contributed by atoms with Crippen molar-refractivity contribution in [1.82, 2.24) is 4.90 Å². The summed E-state index contributed by atoms with van der Waals surface area (Å²) >= 11 is 0. The molecule has 0 aliphatic carbocycles. The Morgan fingerprint density at radius 2 is 1.03 bits per heavy atom. The fourth-order valence-electron chi connectivity index (χ4n) is 3.67. The maximum atomic E-state index is 10.3. The first-order valence-corrected chi connectivity index (χ1v) is 12.9. The van der Waals surface area contributed by atoms with Crippen molar-refractivity contribution in [2.24, 2.45) is 0 Å². The van der Waals surface area contributed by atoms with Gasteiger partial charge < -0.3 is 10.0 Å². The minimum atomic E-state index is -0.875. The summed E-state index contributed by atoms with van der Waals surface area (Å²) in [6.07, 6.45) is 23.3. The molecule has 1 rings (SSSR count). The standard InChI is InChI=1S/C20H43N.C8H8O2/c1-4-5-6-7-8-9-10-11-12-13-14-15-16-17-18-19-20-21(2)3;1-6-2-4-7(5-3-6)8(9)10/h4-20H2,1-3H3;2-5H,1H3,(H,9,10). The number of benzene rings is 1. The van der Waals surface area contributed by atoms with Gasteiger partial charge in [-0.3, -0.25) is 0 Å². The lowest BCUT2D eigenvalue weighted by Crippen LogP contribution is -2.12. The summed E-state index contributed by atoms with van der Waals surface area (Å²) < 4.78 is 0. The molecular formula is C28H51NO2. The lowest BCUT2D eigenvalue weighted by Gasteiger charge is -2.08. The molecule has 0 unspecified atom stereocenters. The smallest absolute Gasteiger partial charge is 0.335 e. The first-order chi connectivity index (χ1) is 15.0. The first kappa shape index (κ1) is 29.7. The van der Waals surface area contributed by atoms with Gasteiger partial charge in [-0.15, -0.1) is 0 Å². The van der Waals surface area contributed by atoms with E-state index in [4.69, 9.17) is 5.11 Å². The lowest BCUT2D eigenvalue weighted by atomic mass is 10.0. The van der Waals surface area contributed by atoms with Gasteiger partial charge >= 0.3 is 5.97 Å². The Hall–Kier alpha value is -1.35. The number of unbranched alkanes of at least 4 members (excludes halogenated alkanes) is 15. The van der Waals surface area contributed by atoms with Gasteiger partial charge in [0.15, 0.2) is 0 Å². The van der Waals surface area contributed by atoms with Crippen molar-refractivity contribution in [3.05, 3.63) is 35.4 Å². The molecule has 0 atom stereocenters. The van der Waals surface area contributed by atoms with Crippen molar-refractivity contribution in [3.63, 3.8) is 0 Å². The lowest BCUT2D eigenvalue weighted by molar-refractivity contribution is 0.0697. The molecule has 0 aromatic heterocycles. The molecule has 0 aliphatic rings. The van der Waals surface area contributed by atoms with Gasteiger partial charge in [0.25, 0.3) is 0 Å². The van der Waals surface area contributed by atoms with Crippen molar-refractivity contribution in [2.75, 3.05) is 20.6 Å². The van der Waals surface area contributed by atoms with Gasteiger partial charge in [0.1, 0.15) is 0 Å². The maximum Gasteiger partial charge on any atom is 0.335 e. The Bertz CT molecular complexity index is 510. The summed E-state index contributed by atoms with van der Waals surface area (Å²) in [7, 11) is 4.34. The van der Waals surface area contributed by atoms with E-state index in [1.165, 1.54) is 109 Å². The summed E-state index contributed by atoms with van der Waals surface area (Å²) in [5.74, 6) is -0.875. The Balaban J connectivity index is 0.000000743. The van der Waals surface area contributed by atoms with Crippen LogP contribution >= 0.6 is 0 Å². The highest BCUT2D eigenvalue weighted by atomic mass is 16.4. The van der Waals surface area contributed by atoms with Crippen molar-refractivity contribution < 1.29 is 9.90 Å². The number of aromatic carboxylic acids is 1. The molecule has 0 aliphatic heterocycles. The second-order valence-corrected chi connectivity index (χ2v) is 9.28. The van der Waals surface area contributed by atoms with Gasteiger partial charge in [0.05, 0.1) is 5.56 Å². The molecule has 0 heterocycles. The van der Waals surface area contributed by atoms with E-state index in [2.05, 4.69) is 25.9 Å². The molecule has 0 radical (unpaired) electrons. The molecular weight excluding hydrogens is 382 g/mol. The van der Waals surface area contributed by atoms with Gasteiger partial charge in [0, 0.05) is 0 Å². The molecule has 180 valence electrons. The van der Waals surface area contributed by atoms with E-state index in [1.54, 1.807) is 24.3 Å². The number of aryl methyl sites for hydroxylation is 1. The van der Waals surface area contributed by atoms with Crippen LogP contribution in [0.3, 0.4) is 0 Å². The Morgan fingerprint density at radius 3 is 1.35 bits per heavy atom. The SMILES string of the molecule is CCCCCCCCCCCCCCCCCCN(C)C.Cc1ccc(C(=O)O)cc1. The van der Waals surface area contributed by atoms with E-state index >= 15 is 0 Å². The quantitative estimate of drug-likeness (QED) is 0.236. The van der Waals surface area contributed by atoms with Crippen LogP contribution in [0.25, 0.3) is 0 Å². The van der Waals surface area contributed by atoms with Crippen LogP contribution in [0.1, 0.15) is 126 Å². The van der Waals surface area contributed by atoms with Crippen LogP contribution in [-0.2, 0) is 0 Å². The minimum absolute atomic E-state index is 0.339. The predicted molar refractivity (Wildman–Crippen MR) is 136 cm³/mol. The topological polar surface area (TPSA) is 40.5 Å². The highest BCUT2D eigenvalue weighted by Crippen LogP contribution is 2.13. The van der Waals surface area contributed by atoms with Crippen molar-refractivity contribution in [2.45, 2.75) is 117 Å². The second kappa shape index (κ2) is 21.9. The number of carboxylic acids is 1. The molecule has 0 saturated heterocycles. The normalized spacial score (nSPS) is 10.7. The number of nitrogens with zero attached hydrogens (tertiary/aromatic N) is 1. The molecule has 0 saturated carbocycles. The molecule has 0 fully saturated rings. The number of hydrogen-bond acceptors (Lipinski definition) is 2. The van der Waals surface area contributed by atoms with Gasteiger partial charge in [-0.1, -0.05) is 121 Å². The molecule has 0 spiro atoms. The number of carboxylic acid groups (broad SMARTS) is 1. The maximum absolute atomic E-state index is 10.3. The largest absolute Gasteiger partial charge is 0.478 e. The van der Waals surface area contributed by atoms with Gasteiger partial charge in [0.2, 0.25) is 0 Å². The predicted octanol–water partition coefficient (Wildman–Crippen LogP) is 8.50. The molecule has 3 nitrogen and oxygen atoms in total. The average Bonchev–Trinajstić information content (AvgIpc) is 2.74. The van der Waals surface area contributed by atoms with Crippen molar-refractivity contribution in [1.29, 1.82) is 0 Å². The summed E-state index contributed by atoms with van der Waals surface area (Å²) in [5, 5.41) is 8.48. The van der Waals surface area contributed by atoms with Crippen LogP contribution in [0.15, 0.2) is 24.3 Å². The van der Waals surface area contributed by atoms with E-state index in [0.29, 0.717) is 5.56 Å². The molecule has 3 heteroatoms. The van der Waals surface area contributed by atoms with Crippen LogP contribution in [0.5, 0.6) is 0 Å². The zero-order valence-electron chi connectivity index (χ0n) is 21.1. The van der Waals surface area contributed by atoms with Crippen LogP contribution < -0.4 is 0 Å². The van der Waals surface area contributed by atoms with Crippen LogP contribution in [0.2, 0.25) is 0 Å². The molecule has 1 aromatic rings. The zero-order chi connectivity index (χ0) is 23.2. The molecule has 31 heavy (non-hydrogen) atoms. The van der Waals surface area contributed by atoms with E-state index in [-0.39, 0.29) is 0 Å². The first-order valence-electron chi connectivity index (χ1n) is 12.9. The summed E-state index contributed by atoms with van der Waals surface area (Å²) in [6, 6.07) is 6.75. The molecule has 1 N–H and O–H groups in total. The second-order valence-electron chi connectivity index (χ2n) is 9.28. The number of hydrogen-bond donors (Lipinski definition) is 1. The van der Waals surface area contributed by atoms with Crippen molar-refractivity contribution >= 4 is 5.97 Å². The fraction of sp³-hybridized carbons (Fsp3) is 0.750. The third-order valence-electron chi connectivity index (χ3n) is 5.76. The van der Waals surface area contributed by atoms with Crippen LogP contribution in [-0.4, -0.2) is 36.6 Å².